The van der Waals surface area contributed by atoms with Crippen molar-refractivity contribution in [1.82, 2.24) is 4.90 Å². The van der Waals surface area contributed by atoms with Crippen LogP contribution in [-0.4, -0.2) is 55.8 Å². The minimum Gasteiger partial charge on any atom is -0.494 e. The number of hydrogen-bond acceptors (Lipinski definition) is 4. The Labute approximate surface area is 127 Å². The van der Waals surface area contributed by atoms with Crippen LogP contribution < -0.4 is 4.74 Å². The lowest BCUT2D eigenvalue weighted by atomic mass is 9.88. The summed E-state index contributed by atoms with van der Waals surface area (Å²) >= 11 is 0. The summed E-state index contributed by atoms with van der Waals surface area (Å²) in [4.78, 5) is 25.4. The highest BCUT2D eigenvalue weighted by atomic mass is 19.1. The first-order valence-corrected chi connectivity index (χ1v) is 6.78. The Morgan fingerprint density at radius 3 is 2.73 bits per heavy atom. The van der Waals surface area contributed by atoms with Crippen LogP contribution in [0.5, 0.6) is 5.75 Å². The second-order valence-electron chi connectivity index (χ2n) is 5.34. The third kappa shape index (κ3) is 2.89. The molecule has 0 saturated carbocycles. The summed E-state index contributed by atoms with van der Waals surface area (Å²) in [5.74, 6) is -1.91. The topological polar surface area (TPSA) is 76.1 Å². The summed E-state index contributed by atoms with van der Waals surface area (Å²) in [5.41, 5.74) is -0.828. The summed E-state index contributed by atoms with van der Waals surface area (Å²) in [6.07, 6.45) is 0.320. The highest BCUT2D eigenvalue weighted by Gasteiger charge is 2.46. The van der Waals surface area contributed by atoms with Crippen LogP contribution in [0.2, 0.25) is 0 Å². The number of hydrogen-bond donors (Lipinski definition) is 1. The van der Waals surface area contributed by atoms with E-state index >= 15 is 0 Å². The Morgan fingerprint density at radius 1 is 1.41 bits per heavy atom. The Bertz CT molecular complexity index is 591. The second-order valence-corrected chi connectivity index (χ2v) is 5.34. The second kappa shape index (κ2) is 6.31. The van der Waals surface area contributed by atoms with E-state index < -0.39 is 17.2 Å². The van der Waals surface area contributed by atoms with E-state index in [0.717, 1.165) is 6.07 Å². The van der Waals surface area contributed by atoms with E-state index in [-0.39, 0.29) is 30.4 Å². The monoisotopic (exact) mass is 311 g/mol. The number of halogens is 1. The SMILES string of the molecule is COCC1(C(=O)O)CCN(C(=O)c2ccc(F)c(OC)c2)C1. The van der Waals surface area contributed by atoms with Crippen LogP contribution in [-0.2, 0) is 9.53 Å². The molecule has 120 valence electrons. The predicted octanol–water partition coefficient (Wildman–Crippen LogP) is 1.40. The number of rotatable bonds is 5. The van der Waals surface area contributed by atoms with E-state index in [1.807, 2.05) is 0 Å². The fourth-order valence-corrected chi connectivity index (χ4v) is 2.65. The molecule has 1 atom stereocenters. The first-order valence-electron chi connectivity index (χ1n) is 6.78. The number of nitrogens with zero attached hydrogens (tertiary/aromatic N) is 1. The van der Waals surface area contributed by atoms with Gasteiger partial charge in [0.25, 0.3) is 5.91 Å². The summed E-state index contributed by atoms with van der Waals surface area (Å²) < 4.78 is 23.2. The van der Waals surface area contributed by atoms with Gasteiger partial charge >= 0.3 is 5.97 Å². The van der Waals surface area contributed by atoms with Gasteiger partial charge in [-0.1, -0.05) is 0 Å². The lowest BCUT2D eigenvalue weighted by molar-refractivity contribution is -0.151. The Kier molecular flexibility index (Phi) is 4.65. The molecule has 6 nitrogen and oxygen atoms in total. The van der Waals surface area contributed by atoms with Crippen molar-refractivity contribution >= 4 is 11.9 Å². The van der Waals surface area contributed by atoms with Crippen molar-refractivity contribution in [3.8, 4) is 5.75 Å². The van der Waals surface area contributed by atoms with Crippen LogP contribution in [0.15, 0.2) is 18.2 Å². The first kappa shape index (κ1) is 16.2. The van der Waals surface area contributed by atoms with E-state index in [9.17, 15) is 19.1 Å². The maximum atomic E-state index is 13.4. The highest BCUT2D eigenvalue weighted by Crippen LogP contribution is 2.32. The summed E-state index contributed by atoms with van der Waals surface area (Å²) in [6, 6.07) is 3.83. The standard InChI is InChI=1S/C15H18FNO5/c1-21-9-15(14(19)20)5-6-17(8-15)13(18)10-3-4-11(16)12(7-10)22-2/h3-4,7H,5-6,8-9H2,1-2H3,(H,19,20). The minimum atomic E-state index is -1.09. The van der Waals surface area contributed by atoms with Gasteiger partial charge in [0.05, 0.1) is 13.7 Å². The van der Waals surface area contributed by atoms with Crippen LogP contribution in [0.1, 0.15) is 16.8 Å². The molecule has 1 saturated heterocycles. The Balaban J connectivity index is 2.19. The summed E-state index contributed by atoms with van der Waals surface area (Å²) in [5, 5.41) is 9.40. The number of carbonyl (C=O) groups excluding carboxylic acids is 1. The summed E-state index contributed by atoms with van der Waals surface area (Å²) in [7, 11) is 2.75. The van der Waals surface area contributed by atoms with Crippen molar-refractivity contribution in [1.29, 1.82) is 0 Å². The number of amides is 1. The van der Waals surface area contributed by atoms with Crippen molar-refractivity contribution in [3.63, 3.8) is 0 Å². The van der Waals surface area contributed by atoms with Gasteiger partial charge in [-0.3, -0.25) is 9.59 Å². The van der Waals surface area contributed by atoms with Gasteiger partial charge in [0, 0.05) is 25.8 Å². The molecule has 1 aliphatic heterocycles. The maximum absolute atomic E-state index is 13.4. The van der Waals surface area contributed by atoms with Crippen LogP contribution in [0.4, 0.5) is 4.39 Å². The van der Waals surface area contributed by atoms with E-state index in [1.54, 1.807) is 0 Å². The molecule has 1 N–H and O–H groups in total. The smallest absolute Gasteiger partial charge is 0.313 e. The molecule has 7 heteroatoms. The number of likely N-dealkylation sites (tertiary alicyclic amines) is 1. The van der Waals surface area contributed by atoms with Crippen molar-refractivity contribution in [2.75, 3.05) is 33.9 Å². The van der Waals surface area contributed by atoms with Crippen molar-refractivity contribution in [2.24, 2.45) is 5.41 Å². The van der Waals surface area contributed by atoms with E-state index in [1.165, 1.54) is 31.3 Å². The average Bonchev–Trinajstić information content (AvgIpc) is 2.93. The number of aliphatic carboxylic acids is 1. The largest absolute Gasteiger partial charge is 0.494 e. The molecule has 1 aliphatic rings. The van der Waals surface area contributed by atoms with Crippen molar-refractivity contribution in [2.45, 2.75) is 6.42 Å². The molecule has 0 bridgehead atoms. The zero-order valence-electron chi connectivity index (χ0n) is 12.5. The number of carboxylic acids is 1. The molecule has 0 radical (unpaired) electrons. The third-order valence-electron chi connectivity index (χ3n) is 3.91. The van der Waals surface area contributed by atoms with Gasteiger partial charge in [-0.15, -0.1) is 0 Å². The number of carbonyl (C=O) groups is 2. The lowest BCUT2D eigenvalue weighted by Crippen LogP contribution is -2.40. The van der Waals surface area contributed by atoms with Gasteiger partial charge < -0.3 is 19.5 Å². The van der Waals surface area contributed by atoms with E-state index in [4.69, 9.17) is 9.47 Å². The molecule has 1 aromatic carbocycles. The molecule has 0 aromatic heterocycles. The molecule has 1 aromatic rings. The van der Waals surface area contributed by atoms with Gasteiger partial charge in [-0.25, -0.2) is 4.39 Å². The molecular weight excluding hydrogens is 293 g/mol. The van der Waals surface area contributed by atoms with Gasteiger partial charge in [0.15, 0.2) is 11.6 Å². The molecule has 0 spiro atoms. The normalized spacial score (nSPS) is 21.0. The van der Waals surface area contributed by atoms with Gasteiger partial charge in [-0.2, -0.15) is 0 Å². The van der Waals surface area contributed by atoms with E-state index in [0.29, 0.717) is 13.0 Å². The van der Waals surface area contributed by atoms with Crippen LogP contribution in [0.3, 0.4) is 0 Å². The van der Waals surface area contributed by atoms with Gasteiger partial charge in [0.1, 0.15) is 5.41 Å². The average molecular weight is 311 g/mol. The number of carboxylic acid groups (broad SMARTS) is 1. The van der Waals surface area contributed by atoms with Crippen LogP contribution >= 0.6 is 0 Å². The highest BCUT2D eigenvalue weighted by molar-refractivity contribution is 5.95. The van der Waals surface area contributed by atoms with Crippen LogP contribution in [0.25, 0.3) is 0 Å². The minimum absolute atomic E-state index is 0.0218. The predicted molar refractivity (Wildman–Crippen MR) is 75.4 cm³/mol. The quantitative estimate of drug-likeness (QED) is 0.889. The lowest BCUT2D eigenvalue weighted by Gasteiger charge is -2.23. The van der Waals surface area contributed by atoms with Crippen LogP contribution in [0, 0.1) is 11.2 Å². The first-order chi connectivity index (χ1) is 10.4. The number of methoxy groups -OCH3 is 2. The third-order valence-corrected chi connectivity index (χ3v) is 3.91. The molecule has 1 heterocycles. The molecule has 1 fully saturated rings. The molecule has 2 rings (SSSR count). The zero-order chi connectivity index (χ0) is 16.3. The van der Waals surface area contributed by atoms with Crippen molar-refractivity contribution in [3.05, 3.63) is 29.6 Å². The molecule has 22 heavy (non-hydrogen) atoms. The fourth-order valence-electron chi connectivity index (χ4n) is 2.65. The molecule has 1 amide bonds. The molecular formula is C15H18FNO5. The summed E-state index contributed by atoms with van der Waals surface area (Å²) in [6.45, 7) is 0.418. The Morgan fingerprint density at radius 2 is 2.14 bits per heavy atom. The Hall–Kier alpha value is -2.15. The van der Waals surface area contributed by atoms with E-state index in [2.05, 4.69) is 0 Å². The molecule has 0 aliphatic carbocycles. The van der Waals surface area contributed by atoms with Gasteiger partial charge in [0.2, 0.25) is 0 Å². The van der Waals surface area contributed by atoms with Crippen molar-refractivity contribution < 1.29 is 28.6 Å². The number of ether oxygens (including phenoxy) is 2. The van der Waals surface area contributed by atoms with Gasteiger partial charge in [-0.05, 0) is 24.6 Å². The maximum Gasteiger partial charge on any atom is 0.313 e. The number of benzene rings is 1. The zero-order valence-corrected chi connectivity index (χ0v) is 12.5. The fraction of sp³-hybridized carbons (Fsp3) is 0.467. The molecule has 1 unspecified atom stereocenters.